The third-order valence-corrected chi connectivity index (χ3v) is 13.3. The summed E-state index contributed by atoms with van der Waals surface area (Å²) in [5, 5.41) is 0.147. The molecule has 4 aromatic carbocycles. The maximum Gasteiger partial charge on any atom is 0.334 e. The number of thioether (sulfide) groups is 1. The summed E-state index contributed by atoms with van der Waals surface area (Å²) in [4.78, 5) is 27.8. The Hall–Kier alpha value is -3.78. The van der Waals surface area contributed by atoms with Gasteiger partial charge in [0.1, 0.15) is 17.1 Å². The Balaban J connectivity index is 1.34. The molecule has 2 heterocycles. The number of ketones is 1. The Morgan fingerprint density at radius 3 is 2.23 bits per heavy atom. The minimum absolute atomic E-state index is 0.0236. The Kier molecular flexibility index (Phi) is 9.44. The Morgan fingerprint density at radius 2 is 1.51 bits per heavy atom. The highest BCUT2D eigenvalue weighted by Crippen LogP contribution is 2.58. The average molecular weight is 745 g/mol. The zero-order valence-electron chi connectivity index (χ0n) is 31.1. The van der Waals surface area contributed by atoms with Gasteiger partial charge in [-0.3, -0.25) is 4.79 Å². The summed E-state index contributed by atoms with van der Waals surface area (Å²) in [6.07, 6.45) is 5.14. The van der Waals surface area contributed by atoms with Crippen LogP contribution in [0.25, 0.3) is 11.1 Å². The minimum Gasteiger partial charge on any atom is -0.457 e. The Bertz CT molecular complexity index is 2110. The first-order valence-electron chi connectivity index (χ1n) is 18.9. The molecule has 2 aliphatic heterocycles. The zero-order valence-corrected chi connectivity index (χ0v) is 32.8. The van der Waals surface area contributed by atoms with Gasteiger partial charge in [0.05, 0.1) is 6.61 Å². The lowest BCUT2D eigenvalue weighted by atomic mass is 9.66. The van der Waals surface area contributed by atoms with Gasteiger partial charge in [-0.2, -0.15) is 24.4 Å². The van der Waals surface area contributed by atoms with E-state index in [9.17, 15) is 9.59 Å². The maximum atomic E-state index is 14.2. The Morgan fingerprint density at radius 1 is 0.849 bits per heavy atom. The van der Waals surface area contributed by atoms with Crippen LogP contribution in [0.3, 0.4) is 0 Å². The molecule has 0 radical (unpaired) electrons. The molecule has 4 aliphatic rings. The fourth-order valence-electron chi connectivity index (χ4n) is 9.04. The van der Waals surface area contributed by atoms with Gasteiger partial charge >= 0.3 is 5.97 Å². The van der Waals surface area contributed by atoms with Crippen molar-refractivity contribution in [2.75, 3.05) is 18.1 Å². The monoisotopic (exact) mass is 744 g/mol. The molecule has 4 aromatic rings. The molecular formula is C46H48O5S2. The normalized spacial score (nSPS) is 26.1. The van der Waals surface area contributed by atoms with Gasteiger partial charge in [-0.25, -0.2) is 4.79 Å². The van der Waals surface area contributed by atoms with E-state index < -0.39 is 17.2 Å². The van der Waals surface area contributed by atoms with Crippen molar-refractivity contribution in [1.29, 1.82) is 0 Å². The molecule has 5 atom stereocenters. The topological polar surface area (TPSA) is 61.8 Å². The van der Waals surface area contributed by atoms with Crippen LogP contribution in [0.5, 0.6) is 11.5 Å². The SMILES string of the molecule is C=C(C)C(=O)OC1(C2CCSC2)c2ccccc2C(=O)c2ccc(-c3ccc4c(c3)C(OCC(C)(C)C)(C3CCCCC3S)c3ccccc3O4)cc21. The second kappa shape index (κ2) is 13.8. The van der Waals surface area contributed by atoms with Crippen molar-refractivity contribution in [3.8, 4) is 22.6 Å². The quantitative estimate of drug-likeness (QED) is 0.115. The van der Waals surface area contributed by atoms with Crippen molar-refractivity contribution in [1.82, 2.24) is 0 Å². The number of hydrogen-bond acceptors (Lipinski definition) is 7. The summed E-state index contributed by atoms with van der Waals surface area (Å²) in [6, 6.07) is 28.4. The van der Waals surface area contributed by atoms with Gasteiger partial charge in [0.15, 0.2) is 11.4 Å². The smallest absolute Gasteiger partial charge is 0.334 e. The average Bonchev–Trinajstić information content (AvgIpc) is 3.70. The summed E-state index contributed by atoms with van der Waals surface area (Å²) in [5.74, 6) is 2.94. The van der Waals surface area contributed by atoms with Crippen molar-refractivity contribution < 1.29 is 23.8 Å². The van der Waals surface area contributed by atoms with Gasteiger partial charge in [0, 0.05) is 61.8 Å². The standard InChI is InChI=1S/C46H48O5S2/c1-28(2)43(48)51-45(31-22-23-53-26-31)34-13-7-6-12-32(34)42(47)33-20-18-29(24-37(33)45)30-19-21-40-38(25-30)46(49-27-44(3,4)5,36-15-9-11-17-41(36)52)35-14-8-10-16-39(35)50-40/h6-8,10,12-14,16,18-21,24-25,31,36,41,52H,1,9,11,15,17,22-23,26-27H2,2-5H3. The van der Waals surface area contributed by atoms with Crippen molar-refractivity contribution >= 4 is 36.1 Å². The molecule has 5 nitrogen and oxygen atoms in total. The number of carbonyl (C=O) groups excluding carboxylic acids is 2. The van der Waals surface area contributed by atoms with Crippen LogP contribution >= 0.6 is 24.4 Å². The maximum absolute atomic E-state index is 14.2. The molecule has 8 rings (SSSR count). The van der Waals surface area contributed by atoms with E-state index in [0.29, 0.717) is 23.3 Å². The van der Waals surface area contributed by atoms with Gasteiger partial charge < -0.3 is 14.2 Å². The van der Waals surface area contributed by atoms with Crippen molar-refractivity contribution in [3.05, 3.63) is 130 Å². The molecule has 7 heteroatoms. The van der Waals surface area contributed by atoms with Crippen LogP contribution in [-0.4, -0.2) is 35.1 Å². The number of para-hydroxylation sites is 1. The molecule has 0 spiro atoms. The molecule has 1 saturated heterocycles. The predicted molar refractivity (Wildman–Crippen MR) is 216 cm³/mol. The number of esters is 1. The third-order valence-electron chi connectivity index (χ3n) is 11.5. The van der Waals surface area contributed by atoms with Gasteiger partial charge in [-0.15, -0.1) is 0 Å². The van der Waals surface area contributed by atoms with E-state index in [2.05, 4.69) is 63.7 Å². The largest absolute Gasteiger partial charge is 0.457 e. The number of ether oxygens (including phenoxy) is 3. The van der Waals surface area contributed by atoms with Crippen LogP contribution in [0.15, 0.2) is 97.1 Å². The van der Waals surface area contributed by atoms with E-state index in [1.165, 1.54) is 0 Å². The molecule has 1 saturated carbocycles. The highest BCUT2D eigenvalue weighted by atomic mass is 32.2. The molecule has 0 aromatic heterocycles. The van der Waals surface area contributed by atoms with Gasteiger partial charge in [-0.05, 0) is 78.8 Å². The van der Waals surface area contributed by atoms with Crippen molar-refractivity contribution in [2.45, 2.75) is 76.3 Å². The van der Waals surface area contributed by atoms with E-state index in [0.717, 1.165) is 88.5 Å². The molecule has 0 N–H and O–H groups in total. The number of fused-ring (bicyclic) bond motifs is 4. The van der Waals surface area contributed by atoms with E-state index in [1.807, 2.05) is 60.3 Å². The van der Waals surface area contributed by atoms with Crippen LogP contribution in [-0.2, 0) is 25.5 Å². The summed E-state index contributed by atoms with van der Waals surface area (Å²) in [6.45, 7) is 12.8. The molecular weight excluding hydrogens is 697 g/mol. The van der Waals surface area contributed by atoms with Crippen LogP contribution in [0.4, 0.5) is 0 Å². The van der Waals surface area contributed by atoms with E-state index in [1.54, 1.807) is 6.92 Å². The fourth-order valence-corrected chi connectivity index (χ4v) is 10.9. The zero-order chi connectivity index (χ0) is 37.1. The summed E-state index contributed by atoms with van der Waals surface area (Å²) >= 11 is 7.11. The molecule has 0 bridgehead atoms. The number of thiol groups is 1. The summed E-state index contributed by atoms with van der Waals surface area (Å²) in [7, 11) is 0. The first kappa shape index (κ1) is 36.2. The second-order valence-corrected chi connectivity index (χ2v) is 18.3. The summed E-state index contributed by atoms with van der Waals surface area (Å²) in [5.41, 5.74) is 4.88. The molecule has 274 valence electrons. The number of rotatable bonds is 7. The fraction of sp³-hybridized carbons (Fsp3) is 0.391. The van der Waals surface area contributed by atoms with Crippen LogP contribution in [0, 0.1) is 17.3 Å². The first-order valence-corrected chi connectivity index (χ1v) is 20.6. The van der Waals surface area contributed by atoms with Gasteiger partial charge in [0.2, 0.25) is 0 Å². The lowest BCUT2D eigenvalue weighted by Gasteiger charge is -2.49. The molecule has 0 amide bonds. The minimum atomic E-state index is -1.15. The van der Waals surface area contributed by atoms with E-state index in [4.69, 9.17) is 26.8 Å². The van der Waals surface area contributed by atoms with Gasteiger partial charge in [0.25, 0.3) is 0 Å². The van der Waals surface area contributed by atoms with Crippen molar-refractivity contribution in [2.24, 2.45) is 17.3 Å². The second-order valence-electron chi connectivity index (χ2n) is 16.5. The summed E-state index contributed by atoms with van der Waals surface area (Å²) < 4.78 is 20.7. The highest BCUT2D eigenvalue weighted by Gasteiger charge is 2.54. The van der Waals surface area contributed by atoms with Crippen LogP contribution in [0.1, 0.15) is 98.0 Å². The molecule has 2 fully saturated rings. The Labute approximate surface area is 323 Å². The predicted octanol–water partition coefficient (Wildman–Crippen LogP) is 10.9. The van der Waals surface area contributed by atoms with Crippen molar-refractivity contribution in [3.63, 3.8) is 0 Å². The number of hydrogen-bond donors (Lipinski definition) is 1. The molecule has 5 unspecified atom stereocenters. The number of benzene rings is 4. The first-order chi connectivity index (χ1) is 25.4. The van der Waals surface area contributed by atoms with Crippen LogP contribution in [0.2, 0.25) is 0 Å². The molecule has 53 heavy (non-hydrogen) atoms. The lowest BCUT2D eigenvalue weighted by Crippen LogP contribution is -2.47. The van der Waals surface area contributed by atoms with Gasteiger partial charge in [-0.1, -0.05) is 94.8 Å². The number of carbonyl (C=O) groups is 2. The van der Waals surface area contributed by atoms with E-state index >= 15 is 0 Å². The lowest BCUT2D eigenvalue weighted by molar-refractivity contribution is -0.156. The third kappa shape index (κ3) is 6.07. The molecule has 2 aliphatic carbocycles. The van der Waals surface area contributed by atoms with E-state index in [-0.39, 0.29) is 28.3 Å². The van der Waals surface area contributed by atoms with Crippen LogP contribution < -0.4 is 4.74 Å². The highest BCUT2D eigenvalue weighted by molar-refractivity contribution is 7.99.